The van der Waals surface area contributed by atoms with Crippen molar-refractivity contribution in [3.05, 3.63) is 0 Å². The Morgan fingerprint density at radius 3 is 2.33 bits per heavy atom. The van der Waals surface area contributed by atoms with Crippen LogP contribution in [0.4, 0.5) is 0 Å². The van der Waals surface area contributed by atoms with Gasteiger partial charge in [0.25, 0.3) is 0 Å². The van der Waals surface area contributed by atoms with Gasteiger partial charge in [0.05, 0.1) is 11.5 Å². The Hall–Kier alpha value is -1.57. The number of hydrogen-bond donors (Lipinski definition) is 2. The van der Waals surface area contributed by atoms with E-state index in [0.717, 1.165) is 12.8 Å². The van der Waals surface area contributed by atoms with E-state index in [4.69, 9.17) is 0 Å². The first-order chi connectivity index (χ1) is 11.5. The molecule has 1 aliphatic heterocycles. The number of rotatable bonds is 8. The highest BCUT2D eigenvalue weighted by molar-refractivity contribution is 8.00. The molecule has 0 unspecified atom stereocenters. The third-order valence-electron chi connectivity index (χ3n) is 4.24. The Morgan fingerprint density at radius 1 is 1.12 bits per heavy atom. The molecule has 8 heteroatoms. The summed E-state index contributed by atoms with van der Waals surface area (Å²) in [6.07, 6.45) is 4.02. The van der Waals surface area contributed by atoms with Gasteiger partial charge in [0.2, 0.25) is 23.6 Å². The number of carbonyl (C=O) groups is 4. The number of piperidine rings is 1. The van der Waals surface area contributed by atoms with Crippen molar-refractivity contribution in [1.82, 2.24) is 15.5 Å². The third kappa shape index (κ3) is 5.81. The predicted octanol–water partition coefficient (Wildman–Crippen LogP) is 0.290. The van der Waals surface area contributed by atoms with Gasteiger partial charge in [0, 0.05) is 32.0 Å². The quantitative estimate of drug-likeness (QED) is 0.610. The lowest BCUT2D eigenvalue weighted by Gasteiger charge is -2.28. The van der Waals surface area contributed by atoms with Crippen molar-refractivity contribution in [2.45, 2.75) is 45.1 Å². The number of amides is 4. The number of imide groups is 1. The summed E-state index contributed by atoms with van der Waals surface area (Å²) in [6, 6.07) is 0.314. The largest absolute Gasteiger partial charge is 0.354 e. The van der Waals surface area contributed by atoms with Crippen molar-refractivity contribution in [2.24, 2.45) is 5.92 Å². The van der Waals surface area contributed by atoms with Gasteiger partial charge in [-0.3, -0.25) is 24.1 Å². The van der Waals surface area contributed by atoms with Crippen LogP contribution in [0.3, 0.4) is 0 Å². The highest BCUT2D eigenvalue weighted by atomic mass is 32.2. The van der Waals surface area contributed by atoms with E-state index in [1.165, 1.54) is 23.1 Å². The average Bonchev–Trinajstić information content (AvgIpc) is 2.45. The molecule has 4 amide bonds. The molecule has 1 saturated carbocycles. The zero-order valence-electron chi connectivity index (χ0n) is 14.0. The van der Waals surface area contributed by atoms with Crippen molar-refractivity contribution in [3.8, 4) is 0 Å². The molecule has 134 valence electrons. The number of likely N-dealkylation sites (tertiary alicyclic amines) is 1. The van der Waals surface area contributed by atoms with Gasteiger partial charge in [-0.1, -0.05) is 6.92 Å². The van der Waals surface area contributed by atoms with E-state index in [9.17, 15) is 19.2 Å². The lowest BCUT2D eigenvalue weighted by atomic mass is 9.93. The van der Waals surface area contributed by atoms with Gasteiger partial charge in [-0.25, -0.2) is 0 Å². The number of nitrogens with zero attached hydrogens (tertiary/aromatic N) is 1. The summed E-state index contributed by atoms with van der Waals surface area (Å²) in [5.41, 5.74) is 0. The standard InChI is InChI=1S/C16H25N3O4S/c1-11-7-15(22)19(16(23)8-11)6-5-17-13(20)9-24-10-14(21)18-12-3-2-4-12/h11-12H,2-10H2,1H3,(H,17,20)(H,18,21). The van der Waals surface area contributed by atoms with Crippen LogP contribution in [0.2, 0.25) is 0 Å². The smallest absolute Gasteiger partial charge is 0.230 e. The Bertz CT molecular complexity index is 490. The summed E-state index contributed by atoms with van der Waals surface area (Å²) < 4.78 is 0. The monoisotopic (exact) mass is 355 g/mol. The van der Waals surface area contributed by atoms with E-state index in [2.05, 4.69) is 10.6 Å². The molecule has 2 fully saturated rings. The summed E-state index contributed by atoms with van der Waals surface area (Å²) in [6.45, 7) is 2.34. The zero-order chi connectivity index (χ0) is 17.5. The molecular formula is C16H25N3O4S. The first-order valence-corrected chi connectivity index (χ1v) is 9.58. The molecule has 1 aliphatic carbocycles. The average molecular weight is 355 g/mol. The summed E-state index contributed by atoms with van der Waals surface area (Å²) in [5.74, 6) is -0.0108. The normalized spacial score (nSPS) is 19.1. The molecule has 7 nitrogen and oxygen atoms in total. The van der Waals surface area contributed by atoms with Crippen LogP contribution in [0.25, 0.3) is 0 Å². The fourth-order valence-electron chi connectivity index (χ4n) is 2.69. The molecule has 24 heavy (non-hydrogen) atoms. The Kier molecular flexibility index (Phi) is 7.08. The highest BCUT2D eigenvalue weighted by Gasteiger charge is 2.29. The van der Waals surface area contributed by atoms with Crippen LogP contribution < -0.4 is 10.6 Å². The van der Waals surface area contributed by atoms with Gasteiger partial charge >= 0.3 is 0 Å². The summed E-state index contributed by atoms with van der Waals surface area (Å²) >= 11 is 1.26. The van der Waals surface area contributed by atoms with E-state index in [-0.39, 0.29) is 54.1 Å². The molecule has 2 aliphatic rings. The minimum Gasteiger partial charge on any atom is -0.354 e. The summed E-state index contributed by atoms with van der Waals surface area (Å²) in [4.78, 5) is 48.1. The van der Waals surface area contributed by atoms with E-state index in [1.807, 2.05) is 6.92 Å². The molecule has 0 aromatic rings. The van der Waals surface area contributed by atoms with Gasteiger partial charge in [0.1, 0.15) is 0 Å². The van der Waals surface area contributed by atoms with E-state index >= 15 is 0 Å². The van der Waals surface area contributed by atoms with Gasteiger partial charge in [-0.2, -0.15) is 0 Å². The highest BCUT2D eigenvalue weighted by Crippen LogP contribution is 2.18. The first-order valence-electron chi connectivity index (χ1n) is 8.42. The first kappa shape index (κ1) is 18.8. The van der Waals surface area contributed by atoms with Crippen molar-refractivity contribution in [3.63, 3.8) is 0 Å². The van der Waals surface area contributed by atoms with Gasteiger partial charge in [-0.15, -0.1) is 11.8 Å². The second-order valence-electron chi connectivity index (χ2n) is 6.49. The van der Waals surface area contributed by atoms with Crippen molar-refractivity contribution < 1.29 is 19.2 Å². The van der Waals surface area contributed by atoms with E-state index in [1.54, 1.807) is 0 Å². The molecule has 1 heterocycles. The zero-order valence-corrected chi connectivity index (χ0v) is 14.8. The van der Waals surface area contributed by atoms with Crippen LogP contribution in [-0.2, 0) is 19.2 Å². The minimum absolute atomic E-state index is 0.0314. The third-order valence-corrected chi connectivity index (χ3v) is 5.18. The minimum atomic E-state index is -0.193. The Labute approximate surface area is 146 Å². The van der Waals surface area contributed by atoms with E-state index in [0.29, 0.717) is 18.9 Å². The maximum absolute atomic E-state index is 11.8. The van der Waals surface area contributed by atoms with Crippen molar-refractivity contribution in [1.29, 1.82) is 0 Å². The molecule has 0 spiro atoms. The lowest BCUT2D eigenvalue weighted by molar-refractivity contribution is -0.149. The molecule has 0 radical (unpaired) electrons. The molecule has 1 saturated heterocycles. The topological polar surface area (TPSA) is 95.6 Å². The molecule has 0 bridgehead atoms. The van der Waals surface area contributed by atoms with Crippen LogP contribution in [0.5, 0.6) is 0 Å². The van der Waals surface area contributed by atoms with Crippen LogP contribution in [-0.4, -0.2) is 59.2 Å². The number of carbonyl (C=O) groups excluding carboxylic acids is 4. The summed E-state index contributed by atoms with van der Waals surface area (Å²) in [5, 5.41) is 5.60. The van der Waals surface area contributed by atoms with E-state index < -0.39 is 0 Å². The number of hydrogen-bond acceptors (Lipinski definition) is 5. The Morgan fingerprint density at radius 2 is 1.75 bits per heavy atom. The second kappa shape index (κ2) is 9.05. The lowest BCUT2D eigenvalue weighted by Crippen LogP contribution is -2.46. The molecule has 0 aromatic heterocycles. The fourth-order valence-corrected chi connectivity index (χ4v) is 3.35. The predicted molar refractivity (Wildman–Crippen MR) is 91.2 cm³/mol. The van der Waals surface area contributed by atoms with Crippen molar-refractivity contribution in [2.75, 3.05) is 24.6 Å². The number of nitrogens with one attached hydrogen (secondary N) is 2. The van der Waals surface area contributed by atoms with Crippen LogP contribution in [0.1, 0.15) is 39.0 Å². The van der Waals surface area contributed by atoms with Crippen LogP contribution in [0.15, 0.2) is 0 Å². The molecule has 2 N–H and O–H groups in total. The molecule has 0 atom stereocenters. The van der Waals surface area contributed by atoms with Gasteiger partial charge < -0.3 is 10.6 Å². The summed E-state index contributed by atoms with van der Waals surface area (Å²) in [7, 11) is 0. The van der Waals surface area contributed by atoms with Crippen molar-refractivity contribution >= 4 is 35.4 Å². The maximum atomic E-state index is 11.8. The second-order valence-corrected chi connectivity index (χ2v) is 7.48. The molecule has 0 aromatic carbocycles. The number of thioether (sulfide) groups is 1. The SMILES string of the molecule is CC1CC(=O)N(CCNC(=O)CSCC(=O)NC2CCC2)C(=O)C1. The Balaban J connectivity index is 1.55. The van der Waals surface area contributed by atoms with Crippen LogP contribution >= 0.6 is 11.8 Å². The van der Waals surface area contributed by atoms with Crippen LogP contribution in [0, 0.1) is 5.92 Å². The molecular weight excluding hydrogens is 330 g/mol. The molecule has 2 rings (SSSR count). The maximum Gasteiger partial charge on any atom is 0.230 e. The fraction of sp³-hybridized carbons (Fsp3) is 0.750. The van der Waals surface area contributed by atoms with Gasteiger partial charge in [0.15, 0.2) is 0 Å². The van der Waals surface area contributed by atoms with Gasteiger partial charge in [-0.05, 0) is 25.2 Å².